The van der Waals surface area contributed by atoms with Gasteiger partial charge in [0.25, 0.3) is 0 Å². The van der Waals surface area contributed by atoms with Crippen LogP contribution < -0.4 is 5.73 Å². The van der Waals surface area contributed by atoms with Crippen molar-refractivity contribution in [1.82, 2.24) is 9.97 Å². The summed E-state index contributed by atoms with van der Waals surface area (Å²) in [7, 11) is 0. The molecule has 0 aliphatic carbocycles. The van der Waals surface area contributed by atoms with Crippen molar-refractivity contribution >= 4 is 5.82 Å². The molecule has 4 heteroatoms. The first kappa shape index (κ1) is 4.83. The molecule has 0 saturated carbocycles. The molecule has 0 bridgehead atoms. The summed E-state index contributed by atoms with van der Waals surface area (Å²) >= 11 is 0. The fraction of sp³-hybridized carbons (Fsp3) is 0. The van der Waals surface area contributed by atoms with E-state index in [1.165, 1.54) is 12.3 Å². The largest absolute Gasteiger partial charge is 0.383 e. The van der Waals surface area contributed by atoms with Gasteiger partial charge in [0.2, 0.25) is 0 Å². The Kier molecular flexibility index (Phi) is 0.997. The number of anilines is 1. The average Bonchev–Trinajstić information content (AvgIpc) is 1.64. The first-order valence-corrected chi connectivity index (χ1v) is 2.04. The second-order valence-corrected chi connectivity index (χ2v) is 1.26. The van der Waals surface area contributed by atoms with Crippen LogP contribution in [0.3, 0.4) is 0 Å². The number of rotatable bonds is 0. The van der Waals surface area contributed by atoms with Gasteiger partial charge >= 0.3 is 6.01 Å². The topological polar surface area (TPSA) is 71.7 Å². The van der Waals surface area contributed by atoms with Crippen LogP contribution in [0.15, 0.2) is 12.3 Å². The Labute approximate surface area is 46.0 Å². The van der Waals surface area contributed by atoms with Gasteiger partial charge in [0, 0.05) is 6.20 Å². The average molecular weight is 110 g/mol. The lowest BCUT2D eigenvalue weighted by atomic mass is 10.6. The Bertz CT molecular complexity index is 171. The number of nitrogen functional groups attached to an aromatic ring is 1. The Morgan fingerprint density at radius 3 is 2.75 bits per heavy atom. The lowest BCUT2D eigenvalue weighted by molar-refractivity contribution is 0.320. The third-order valence-electron chi connectivity index (χ3n) is 0.655. The summed E-state index contributed by atoms with van der Waals surface area (Å²) in [5.74, 6) is 0.213. The molecule has 1 radical (unpaired) electrons. The standard InChI is InChI=1S/C4H4N3O/c5-3-1-2-6-4(8)7-3/h1-2H,(H2,5,6,7). The summed E-state index contributed by atoms with van der Waals surface area (Å²) in [4.78, 5) is 6.58. The SMILES string of the molecule is Nc1ccnc([O])n1. The third-order valence-corrected chi connectivity index (χ3v) is 0.655. The van der Waals surface area contributed by atoms with E-state index in [9.17, 15) is 5.11 Å². The van der Waals surface area contributed by atoms with Gasteiger partial charge in [-0.2, -0.15) is 9.97 Å². The van der Waals surface area contributed by atoms with Gasteiger partial charge in [-0.05, 0) is 6.07 Å². The van der Waals surface area contributed by atoms with Crippen LogP contribution in [0.2, 0.25) is 0 Å². The van der Waals surface area contributed by atoms with Gasteiger partial charge in [0.1, 0.15) is 5.82 Å². The molecule has 8 heavy (non-hydrogen) atoms. The minimum absolute atomic E-state index is 0.213. The molecule has 1 aromatic rings. The summed E-state index contributed by atoms with van der Waals surface area (Å²) in [6.07, 6.45) is 1.32. The van der Waals surface area contributed by atoms with E-state index in [2.05, 4.69) is 9.97 Å². The van der Waals surface area contributed by atoms with Gasteiger partial charge in [-0.25, -0.2) is 5.11 Å². The second-order valence-electron chi connectivity index (χ2n) is 1.26. The van der Waals surface area contributed by atoms with Crippen molar-refractivity contribution in [2.24, 2.45) is 0 Å². The predicted molar refractivity (Wildman–Crippen MR) is 26.6 cm³/mol. The van der Waals surface area contributed by atoms with Crippen molar-refractivity contribution in [2.75, 3.05) is 5.73 Å². The van der Waals surface area contributed by atoms with Crippen LogP contribution in [-0.2, 0) is 5.11 Å². The number of hydrogen-bond donors (Lipinski definition) is 1. The summed E-state index contributed by atoms with van der Waals surface area (Å²) < 4.78 is 0. The molecule has 2 N–H and O–H groups in total. The third kappa shape index (κ3) is 0.841. The number of hydrogen-bond acceptors (Lipinski definition) is 3. The maximum absolute atomic E-state index is 10.2. The van der Waals surface area contributed by atoms with Gasteiger partial charge in [-0.1, -0.05) is 0 Å². The summed E-state index contributed by atoms with van der Waals surface area (Å²) in [6, 6.07) is 0.923. The van der Waals surface area contributed by atoms with Crippen molar-refractivity contribution in [3.8, 4) is 6.01 Å². The fourth-order valence-corrected chi connectivity index (χ4v) is 0.354. The quantitative estimate of drug-likeness (QED) is 0.518. The number of nitrogens with zero attached hydrogens (tertiary/aromatic N) is 2. The number of nitrogens with two attached hydrogens (primary N) is 1. The van der Waals surface area contributed by atoms with E-state index in [-0.39, 0.29) is 5.82 Å². The normalized spacial score (nSPS) is 9.00. The lowest BCUT2D eigenvalue weighted by Gasteiger charge is -1.85. The predicted octanol–water partition coefficient (Wildman–Crippen LogP) is 0.203. The maximum Gasteiger partial charge on any atom is 0.368 e. The molecular weight excluding hydrogens is 106 g/mol. The smallest absolute Gasteiger partial charge is 0.368 e. The molecule has 41 valence electrons. The van der Waals surface area contributed by atoms with Crippen LogP contribution in [0, 0.1) is 0 Å². The van der Waals surface area contributed by atoms with Crippen molar-refractivity contribution in [3.63, 3.8) is 0 Å². The minimum atomic E-state index is -0.537. The molecule has 0 fully saturated rings. The molecular formula is C4H4N3O. The second kappa shape index (κ2) is 1.65. The van der Waals surface area contributed by atoms with Gasteiger partial charge < -0.3 is 5.73 Å². The van der Waals surface area contributed by atoms with Crippen LogP contribution in [0.1, 0.15) is 0 Å². The molecule has 0 amide bonds. The minimum Gasteiger partial charge on any atom is -0.383 e. The molecule has 4 nitrogen and oxygen atoms in total. The monoisotopic (exact) mass is 110 g/mol. The van der Waals surface area contributed by atoms with Gasteiger partial charge in [-0.3, -0.25) is 0 Å². The number of aromatic nitrogens is 2. The Hall–Kier alpha value is -1.32. The van der Waals surface area contributed by atoms with E-state index in [0.717, 1.165) is 0 Å². The first-order chi connectivity index (χ1) is 3.79. The van der Waals surface area contributed by atoms with Crippen molar-refractivity contribution < 1.29 is 5.11 Å². The van der Waals surface area contributed by atoms with Crippen molar-refractivity contribution in [1.29, 1.82) is 0 Å². The van der Waals surface area contributed by atoms with Crippen LogP contribution in [0.25, 0.3) is 0 Å². The Morgan fingerprint density at radius 1 is 1.62 bits per heavy atom. The Morgan fingerprint density at radius 2 is 2.38 bits per heavy atom. The van der Waals surface area contributed by atoms with Crippen LogP contribution in [0.5, 0.6) is 6.01 Å². The zero-order valence-electron chi connectivity index (χ0n) is 4.03. The van der Waals surface area contributed by atoms with Crippen molar-refractivity contribution in [2.45, 2.75) is 0 Å². The molecule has 0 aliphatic heterocycles. The summed E-state index contributed by atoms with van der Waals surface area (Å²) in [6.45, 7) is 0. The zero-order chi connectivity index (χ0) is 5.98. The van der Waals surface area contributed by atoms with E-state index in [0.29, 0.717) is 0 Å². The molecule has 0 saturated heterocycles. The molecule has 1 rings (SSSR count). The highest BCUT2D eigenvalue weighted by Gasteiger charge is 1.89. The summed E-state index contributed by atoms with van der Waals surface area (Å²) in [5, 5.41) is 10.2. The highest BCUT2D eigenvalue weighted by atomic mass is 16.3. The lowest BCUT2D eigenvalue weighted by Crippen LogP contribution is -1.88. The van der Waals surface area contributed by atoms with Gasteiger partial charge in [-0.15, -0.1) is 0 Å². The van der Waals surface area contributed by atoms with Gasteiger partial charge in [0.15, 0.2) is 0 Å². The fourth-order valence-electron chi connectivity index (χ4n) is 0.354. The molecule has 0 atom stereocenters. The highest BCUT2D eigenvalue weighted by molar-refractivity contribution is 5.25. The maximum atomic E-state index is 10.2. The van der Waals surface area contributed by atoms with E-state index in [4.69, 9.17) is 5.73 Å². The molecule has 1 heterocycles. The highest BCUT2D eigenvalue weighted by Crippen LogP contribution is 1.99. The van der Waals surface area contributed by atoms with E-state index >= 15 is 0 Å². The zero-order valence-corrected chi connectivity index (χ0v) is 4.03. The molecule has 0 aliphatic rings. The first-order valence-electron chi connectivity index (χ1n) is 2.04. The van der Waals surface area contributed by atoms with Gasteiger partial charge in [0.05, 0.1) is 0 Å². The van der Waals surface area contributed by atoms with E-state index in [1.54, 1.807) is 0 Å². The van der Waals surface area contributed by atoms with Crippen LogP contribution in [0.4, 0.5) is 5.82 Å². The van der Waals surface area contributed by atoms with Crippen LogP contribution >= 0.6 is 0 Å². The van der Waals surface area contributed by atoms with E-state index in [1.807, 2.05) is 0 Å². The summed E-state index contributed by atoms with van der Waals surface area (Å²) in [5.41, 5.74) is 5.11. The molecule has 0 spiro atoms. The van der Waals surface area contributed by atoms with Crippen LogP contribution in [-0.4, -0.2) is 9.97 Å². The molecule has 0 unspecified atom stereocenters. The molecule has 1 aromatic heterocycles. The van der Waals surface area contributed by atoms with Crippen molar-refractivity contribution in [3.05, 3.63) is 12.3 Å². The van der Waals surface area contributed by atoms with E-state index < -0.39 is 6.01 Å². The molecule has 0 aromatic carbocycles. The Balaban J connectivity index is 3.08.